The van der Waals surface area contributed by atoms with Gasteiger partial charge in [-0.15, -0.1) is 0 Å². The fourth-order valence-corrected chi connectivity index (χ4v) is 0. The van der Waals surface area contributed by atoms with Crippen LogP contribution in [0.15, 0.2) is 38.0 Å². The molecule has 0 amide bonds. The van der Waals surface area contributed by atoms with Crippen LogP contribution >= 0.6 is 0 Å². The molecule has 0 aliphatic heterocycles. The summed E-state index contributed by atoms with van der Waals surface area (Å²) >= 11 is 0. The van der Waals surface area contributed by atoms with Crippen LogP contribution in [0.5, 0.6) is 0 Å². The number of hydrogen-bond donors (Lipinski definition) is 0. The Hall–Kier alpha value is -1.33. The van der Waals surface area contributed by atoms with Gasteiger partial charge in [-0.1, -0.05) is 31.9 Å². The van der Waals surface area contributed by atoms with E-state index in [1.54, 1.807) is 18.2 Å². The zero-order valence-corrected chi connectivity index (χ0v) is 5.30. The normalized spacial score (nSPS) is 3.89. The lowest BCUT2D eigenvalue weighted by molar-refractivity contribution is 0.824. The lowest BCUT2D eigenvalue weighted by atomic mass is 10.6. The molecular formula is C7H11NO. The number of hydrogen-bond acceptors (Lipinski definition) is 1. The molecule has 0 heterocycles. The zero-order chi connectivity index (χ0) is 6.83. The Labute approximate surface area is 55.7 Å². The minimum atomic E-state index is 0. The van der Waals surface area contributed by atoms with Crippen molar-refractivity contribution < 1.29 is 5.48 Å². The summed E-state index contributed by atoms with van der Waals surface area (Å²) in [6.07, 6.45) is 4.46. The van der Waals surface area contributed by atoms with Gasteiger partial charge in [-0.3, -0.25) is 0 Å². The minimum absolute atomic E-state index is 0. The van der Waals surface area contributed by atoms with E-state index in [4.69, 9.17) is 5.26 Å². The van der Waals surface area contributed by atoms with Crippen molar-refractivity contribution in [2.75, 3.05) is 0 Å². The van der Waals surface area contributed by atoms with Crippen molar-refractivity contribution in [1.29, 1.82) is 5.26 Å². The summed E-state index contributed by atoms with van der Waals surface area (Å²) in [7, 11) is 0. The smallest absolute Gasteiger partial charge is 0.0905 e. The van der Waals surface area contributed by atoms with Crippen LogP contribution in [-0.4, -0.2) is 5.48 Å². The average Bonchev–Trinajstić information content (AvgIpc) is 1.88. The molecular weight excluding hydrogens is 114 g/mol. The number of allylic oxidation sites excluding steroid dienone is 3. The van der Waals surface area contributed by atoms with Crippen molar-refractivity contribution in [3.8, 4) is 6.07 Å². The molecule has 0 aromatic heterocycles. The van der Waals surface area contributed by atoms with E-state index in [2.05, 4.69) is 19.7 Å². The van der Waals surface area contributed by atoms with E-state index >= 15 is 0 Å². The molecule has 0 aromatic carbocycles. The van der Waals surface area contributed by atoms with E-state index in [0.29, 0.717) is 0 Å². The fraction of sp³-hybridized carbons (Fsp3) is 0. The van der Waals surface area contributed by atoms with Crippen molar-refractivity contribution in [1.82, 2.24) is 0 Å². The summed E-state index contributed by atoms with van der Waals surface area (Å²) in [6.45, 7) is 9.84. The first kappa shape index (κ1) is 15.6. The van der Waals surface area contributed by atoms with Gasteiger partial charge in [-0.05, 0) is 0 Å². The predicted octanol–water partition coefficient (Wildman–Crippen LogP) is 1.23. The third kappa shape index (κ3) is 324. The van der Waals surface area contributed by atoms with Crippen LogP contribution in [0.25, 0.3) is 0 Å². The summed E-state index contributed by atoms with van der Waals surface area (Å²) in [6, 6.07) is 1.69. The quantitative estimate of drug-likeness (QED) is 0.384. The lowest BCUT2D eigenvalue weighted by Crippen LogP contribution is -1.23. The molecule has 0 rings (SSSR count). The maximum absolute atomic E-state index is 7.51. The number of nitrogens with zero attached hydrogens (tertiary/aromatic N) is 1. The van der Waals surface area contributed by atoms with E-state index in [1.165, 1.54) is 6.08 Å². The van der Waals surface area contributed by atoms with E-state index in [0.717, 1.165) is 0 Å². The van der Waals surface area contributed by atoms with Gasteiger partial charge in [0.1, 0.15) is 0 Å². The summed E-state index contributed by atoms with van der Waals surface area (Å²) in [5, 5.41) is 7.51. The van der Waals surface area contributed by atoms with Gasteiger partial charge in [0.25, 0.3) is 0 Å². The average molecular weight is 125 g/mol. The van der Waals surface area contributed by atoms with Crippen LogP contribution in [0.2, 0.25) is 0 Å². The summed E-state index contributed by atoms with van der Waals surface area (Å²) < 4.78 is 0. The standard InChI is InChI=1S/C4H6.C3H3N.H2O/c1-3-4-2;1-2-3-4;/h3-4H,1-2H2;2H,1H2;1H2. The molecule has 0 aliphatic rings. The van der Waals surface area contributed by atoms with Crippen LogP contribution in [-0.2, 0) is 0 Å². The van der Waals surface area contributed by atoms with Crippen LogP contribution in [0.4, 0.5) is 0 Å². The molecule has 2 N–H and O–H groups in total. The second-order valence-corrected chi connectivity index (χ2v) is 0.805. The third-order valence-electron chi connectivity index (χ3n) is 0.258. The van der Waals surface area contributed by atoms with Crippen molar-refractivity contribution in [2.24, 2.45) is 0 Å². The van der Waals surface area contributed by atoms with Gasteiger partial charge >= 0.3 is 0 Å². The SMILES string of the molecule is C=CC#N.C=CC=C.O. The fourth-order valence-electron chi connectivity index (χ4n) is 0. The molecule has 0 fully saturated rings. The van der Waals surface area contributed by atoms with Crippen molar-refractivity contribution >= 4 is 0 Å². The van der Waals surface area contributed by atoms with Gasteiger partial charge in [-0.25, -0.2) is 0 Å². The van der Waals surface area contributed by atoms with Crippen LogP contribution in [0.3, 0.4) is 0 Å². The highest BCUT2D eigenvalue weighted by molar-refractivity contribution is 4.93. The molecule has 0 saturated carbocycles. The van der Waals surface area contributed by atoms with Crippen LogP contribution in [0.1, 0.15) is 0 Å². The highest BCUT2D eigenvalue weighted by atomic mass is 16.0. The number of rotatable bonds is 1. The van der Waals surface area contributed by atoms with Crippen molar-refractivity contribution in [2.45, 2.75) is 0 Å². The predicted molar refractivity (Wildman–Crippen MR) is 39.8 cm³/mol. The Balaban J connectivity index is -0.0000000720. The maximum Gasteiger partial charge on any atom is 0.0905 e. The van der Waals surface area contributed by atoms with Crippen LogP contribution < -0.4 is 0 Å². The Bertz CT molecular complexity index is 105. The van der Waals surface area contributed by atoms with Crippen molar-refractivity contribution in [3.63, 3.8) is 0 Å². The van der Waals surface area contributed by atoms with E-state index in [-0.39, 0.29) is 5.48 Å². The molecule has 2 heteroatoms. The second-order valence-electron chi connectivity index (χ2n) is 0.805. The Morgan fingerprint density at radius 2 is 1.33 bits per heavy atom. The largest absolute Gasteiger partial charge is 0.412 e. The van der Waals surface area contributed by atoms with Gasteiger partial charge < -0.3 is 5.48 Å². The van der Waals surface area contributed by atoms with Gasteiger partial charge in [-0.2, -0.15) is 5.26 Å². The van der Waals surface area contributed by atoms with E-state index in [9.17, 15) is 0 Å². The Morgan fingerprint density at radius 1 is 1.11 bits per heavy atom. The number of nitriles is 1. The molecule has 0 unspecified atom stereocenters. The molecule has 0 bridgehead atoms. The summed E-state index contributed by atoms with van der Waals surface area (Å²) in [5.74, 6) is 0. The molecule has 0 spiro atoms. The summed E-state index contributed by atoms with van der Waals surface area (Å²) in [5.41, 5.74) is 0. The zero-order valence-electron chi connectivity index (χ0n) is 5.30. The molecule has 0 saturated heterocycles. The molecule has 9 heavy (non-hydrogen) atoms. The monoisotopic (exact) mass is 125 g/mol. The van der Waals surface area contributed by atoms with Gasteiger partial charge in [0.2, 0.25) is 0 Å². The topological polar surface area (TPSA) is 55.3 Å². The van der Waals surface area contributed by atoms with Crippen LogP contribution in [0, 0.1) is 11.3 Å². The van der Waals surface area contributed by atoms with Gasteiger partial charge in [0.05, 0.1) is 6.07 Å². The Morgan fingerprint density at radius 3 is 1.33 bits per heavy atom. The van der Waals surface area contributed by atoms with E-state index < -0.39 is 0 Å². The van der Waals surface area contributed by atoms with E-state index in [1.807, 2.05) is 0 Å². The molecule has 0 aliphatic carbocycles. The first-order chi connectivity index (χ1) is 3.83. The molecule has 0 aromatic rings. The molecule has 2 nitrogen and oxygen atoms in total. The Kier molecular flexibility index (Phi) is 52.3. The third-order valence-corrected chi connectivity index (χ3v) is 0.258. The highest BCUT2D eigenvalue weighted by Crippen LogP contribution is 1.52. The summed E-state index contributed by atoms with van der Waals surface area (Å²) in [4.78, 5) is 0. The van der Waals surface area contributed by atoms with Gasteiger partial charge in [0, 0.05) is 6.08 Å². The minimum Gasteiger partial charge on any atom is -0.412 e. The maximum atomic E-state index is 7.51. The highest BCUT2D eigenvalue weighted by Gasteiger charge is 1.34. The molecule has 50 valence electrons. The first-order valence-corrected chi connectivity index (χ1v) is 2.07. The molecule has 0 radical (unpaired) electrons. The van der Waals surface area contributed by atoms with Gasteiger partial charge in [0.15, 0.2) is 0 Å². The lowest BCUT2D eigenvalue weighted by Gasteiger charge is -1.44. The van der Waals surface area contributed by atoms with Crippen molar-refractivity contribution in [3.05, 3.63) is 38.0 Å². The first-order valence-electron chi connectivity index (χ1n) is 2.07. The second kappa shape index (κ2) is 30.1. The molecule has 0 atom stereocenters.